The predicted octanol–water partition coefficient (Wildman–Crippen LogP) is 2.32. The molecule has 1 aliphatic carbocycles. The van der Waals surface area contributed by atoms with E-state index in [-0.39, 0.29) is 0 Å². The van der Waals surface area contributed by atoms with Gasteiger partial charge in [-0.3, -0.25) is 0 Å². The molecule has 0 N–H and O–H groups in total. The molecule has 0 heterocycles. The quantitative estimate of drug-likeness (QED) is 0.462. The largest absolute Gasteiger partial charge is 0.0850 e. The van der Waals surface area contributed by atoms with Crippen molar-refractivity contribution < 1.29 is 0 Å². The van der Waals surface area contributed by atoms with Gasteiger partial charge in [0.1, 0.15) is 0 Å². The van der Waals surface area contributed by atoms with Crippen LogP contribution in [0.3, 0.4) is 0 Å². The van der Waals surface area contributed by atoms with Crippen LogP contribution in [-0.4, -0.2) is 0 Å². The van der Waals surface area contributed by atoms with E-state index in [4.69, 9.17) is 0 Å². The molecule has 0 bridgehead atoms. The Bertz CT molecular complexity index is 80.0. The van der Waals surface area contributed by atoms with Gasteiger partial charge in [0.25, 0.3) is 0 Å². The van der Waals surface area contributed by atoms with E-state index in [0.29, 0.717) is 0 Å². The number of allylic oxidation sites excluding steroid dienone is 2. The minimum Gasteiger partial charge on any atom is -0.0850 e. The van der Waals surface area contributed by atoms with Gasteiger partial charge in [-0.05, 0) is 25.7 Å². The van der Waals surface area contributed by atoms with Gasteiger partial charge in [-0.2, -0.15) is 0 Å². The van der Waals surface area contributed by atoms with E-state index in [1.807, 2.05) is 0 Å². The molecule has 0 fully saturated rings. The molecule has 0 nitrogen and oxygen atoms in total. The molecular formula is C7H11. The Morgan fingerprint density at radius 1 is 1.71 bits per heavy atom. The van der Waals surface area contributed by atoms with Crippen molar-refractivity contribution in [3.8, 4) is 0 Å². The lowest BCUT2D eigenvalue weighted by molar-refractivity contribution is 0.785. The molecule has 0 atom stereocenters. The van der Waals surface area contributed by atoms with Crippen LogP contribution >= 0.6 is 0 Å². The molecule has 0 spiro atoms. The van der Waals surface area contributed by atoms with Crippen LogP contribution in [-0.2, 0) is 0 Å². The SMILES string of the molecule is [CH2]CCC1=CCC1. The van der Waals surface area contributed by atoms with Gasteiger partial charge in [0.15, 0.2) is 0 Å². The van der Waals surface area contributed by atoms with E-state index in [2.05, 4.69) is 13.0 Å². The van der Waals surface area contributed by atoms with E-state index in [1.165, 1.54) is 19.3 Å². The molecule has 0 saturated carbocycles. The Labute approximate surface area is 45.2 Å². The van der Waals surface area contributed by atoms with Crippen molar-refractivity contribution in [1.82, 2.24) is 0 Å². The molecule has 0 aromatic rings. The number of hydrogen-bond donors (Lipinski definition) is 0. The van der Waals surface area contributed by atoms with Gasteiger partial charge in [0.05, 0.1) is 0 Å². The van der Waals surface area contributed by atoms with Gasteiger partial charge in [0, 0.05) is 0 Å². The highest BCUT2D eigenvalue weighted by Crippen LogP contribution is 2.21. The molecule has 1 radical (unpaired) electrons. The van der Waals surface area contributed by atoms with Crippen LogP contribution in [0.1, 0.15) is 25.7 Å². The molecule has 0 aliphatic heterocycles. The molecule has 0 amide bonds. The van der Waals surface area contributed by atoms with Crippen LogP contribution in [0.2, 0.25) is 0 Å². The fourth-order valence-electron chi connectivity index (χ4n) is 0.803. The molecule has 1 rings (SSSR count). The Morgan fingerprint density at radius 3 is 2.57 bits per heavy atom. The Morgan fingerprint density at radius 2 is 2.43 bits per heavy atom. The van der Waals surface area contributed by atoms with Crippen LogP contribution in [0.5, 0.6) is 0 Å². The molecule has 0 aromatic heterocycles. The van der Waals surface area contributed by atoms with Crippen LogP contribution in [0.25, 0.3) is 0 Å². The van der Waals surface area contributed by atoms with Crippen molar-refractivity contribution in [1.29, 1.82) is 0 Å². The Hall–Kier alpha value is -0.260. The second-order valence-electron chi connectivity index (χ2n) is 2.00. The van der Waals surface area contributed by atoms with Crippen LogP contribution in [0, 0.1) is 6.92 Å². The van der Waals surface area contributed by atoms with Crippen molar-refractivity contribution in [3.63, 3.8) is 0 Å². The second-order valence-corrected chi connectivity index (χ2v) is 2.00. The lowest BCUT2D eigenvalue weighted by atomic mass is 9.95. The van der Waals surface area contributed by atoms with Gasteiger partial charge >= 0.3 is 0 Å². The van der Waals surface area contributed by atoms with Crippen LogP contribution < -0.4 is 0 Å². The zero-order valence-electron chi connectivity index (χ0n) is 4.61. The van der Waals surface area contributed by atoms with Gasteiger partial charge in [0.2, 0.25) is 0 Å². The maximum Gasteiger partial charge on any atom is -0.0285 e. The third-order valence-corrected chi connectivity index (χ3v) is 1.40. The second kappa shape index (κ2) is 2.15. The zero-order chi connectivity index (χ0) is 5.11. The number of rotatable bonds is 2. The first-order valence-corrected chi connectivity index (χ1v) is 2.90. The Balaban J connectivity index is 2.15. The summed E-state index contributed by atoms with van der Waals surface area (Å²) in [5.41, 5.74) is 1.62. The monoisotopic (exact) mass is 95.1 g/mol. The van der Waals surface area contributed by atoms with Crippen molar-refractivity contribution in [3.05, 3.63) is 18.6 Å². The summed E-state index contributed by atoms with van der Waals surface area (Å²) in [6.45, 7) is 3.77. The summed E-state index contributed by atoms with van der Waals surface area (Å²) >= 11 is 0. The van der Waals surface area contributed by atoms with E-state index in [0.717, 1.165) is 6.42 Å². The van der Waals surface area contributed by atoms with Gasteiger partial charge < -0.3 is 0 Å². The molecule has 1 aliphatic rings. The smallest absolute Gasteiger partial charge is 0.0285 e. The first kappa shape index (κ1) is 4.89. The first-order chi connectivity index (χ1) is 3.43. The lowest BCUT2D eigenvalue weighted by Gasteiger charge is -2.11. The summed E-state index contributed by atoms with van der Waals surface area (Å²) in [6, 6.07) is 0. The van der Waals surface area contributed by atoms with Crippen molar-refractivity contribution >= 4 is 0 Å². The molecule has 39 valence electrons. The fraction of sp³-hybridized carbons (Fsp3) is 0.571. The lowest BCUT2D eigenvalue weighted by Crippen LogP contribution is -1.91. The predicted molar refractivity (Wildman–Crippen MR) is 31.9 cm³/mol. The highest BCUT2D eigenvalue weighted by Gasteiger charge is 2.01. The minimum absolute atomic E-state index is 1.08. The maximum atomic E-state index is 3.77. The molecular weight excluding hydrogens is 84.1 g/mol. The summed E-state index contributed by atoms with van der Waals surface area (Å²) in [5.74, 6) is 0. The molecule has 0 heteroatoms. The average molecular weight is 95.2 g/mol. The minimum atomic E-state index is 1.08. The highest BCUT2D eigenvalue weighted by atomic mass is 14.1. The fourth-order valence-corrected chi connectivity index (χ4v) is 0.803. The summed E-state index contributed by atoms with van der Waals surface area (Å²) in [6.07, 6.45) is 7.28. The van der Waals surface area contributed by atoms with Crippen LogP contribution in [0.4, 0.5) is 0 Å². The van der Waals surface area contributed by atoms with E-state index >= 15 is 0 Å². The Kier molecular flexibility index (Phi) is 1.50. The third-order valence-electron chi connectivity index (χ3n) is 1.40. The normalized spacial score (nSPS) is 18.1. The van der Waals surface area contributed by atoms with E-state index in [1.54, 1.807) is 5.57 Å². The van der Waals surface area contributed by atoms with Crippen molar-refractivity contribution in [2.75, 3.05) is 0 Å². The summed E-state index contributed by atoms with van der Waals surface area (Å²) in [5, 5.41) is 0. The third kappa shape index (κ3) is 1.05. The first-order valence-electron chi connectivity index (χ1n) is 2.90. The maximum absolute atomic E-state index is 3.77. The molecule has 7 heavy (non-hydrogen) atoms. The molecule has 0 aromatic carbocycles. The summed E-state index contributed by atoms with van der Waals surface area (Å²) in [7, 11) is 0. The zero-order valence-corrected chi connectivity index (χ0v) is 4.61. The average Bonchev–Trinajstić information content (AvgIpc) is 1.55. The van der Waals surface area contributed by atoms with Crippen LogP contribution in [0.15, 0.2) is 11.6 Å². The van der Waals surface area contributed by atoms with Crippen molar-refractivity contribution in [2.45, 2.75) is 25.7 Å². The van der Waals surface area contributed by atoms with Crippen molar-refractivity contribution in [2.24, 2.45) is 0 Å². The van der Waals surface area contributed by atoms with Gasteiger partial charge in [-0.1, -0.05) is 18.6 Å². The summed E-state index contributed by atoms with van der Waals surface area (Å²) in [4.78, 5) is 0. The van der Waals surface area contributed by atoms with Gasteiger partial charge in [-0.15, -0.1) is 0 Å². The molecule has 0 unspecified atom stereocenters. The summed E-state index contributed by atoms with van der Waals surface area (Å²) < 4.78 is 0. The van der Waals surface area contributed by atoms with Gasteiger partial charge in [-0.25, -0.2) is 0 Å². The topological polar surface area (TPSA) is 0 Å². The van der Waals surface area contributed by atoms with E-state index in [9.17, 15) is 0 Å². The standard InChI is InChI=1S/C7H11/c1-2-4-7-5-3-6-7/h5H,1-4,6H2. The highest BCUT2D eigenvalue weighted by molar-refractivity contribution is 5.11. The number of hydrogen-bond acceptors (Lipinski definition) is 0. The van der Waals surface area contributed by atoms with E-state index < -0.39 is 0 Å². The molecule has 0 saturated heterocycles.